The zero-order valence-electron chi connectivity index (χ0n) is 9.78. The molecule has 0 bridgehead atoms. The van der Waals surface area contributed by atoms with Gasteiger partial charge >= 0.3 is 6.03 Å². The zero-order chi connectivity index (χ0) is 13.6. The standard InChI is InChI=1S/C12H10Cl2N4O/c13-6-1-2-9(14)8(5-6)10-7-3-4-16-11(7)18(17-10)12(15)19/h1-2,5,16H,3-4H2,(H2,15,19). The maximum absolute atomic E-state index is 11.4. The molecule has 0 fully saturated rings. The fraction of sp³-hybridized carbons (Fsp3) is 0.167. The van der Waals surface area contributed by atoms with Crippen molar-refractivity contribution in [2.45, 2.75) is 6.42 Å². The minimum Gasteiger partial charge on any atom is -0.369 e. The van der Waals surface area contributed by atoms with Gasteiger partial charge in [-0.1, -0.05) is 23.2 Å². The average molecular weight is 297 g/mol. The van der Waals surface area contributed by atoms with Gasteiger partial charge in [-0.15, -0.1) is 0 Å². The van der Waals surface area contributed by atoms with Crippen LogP contribution in [0.25, 0.3) is 11.3 Å². The Bertz CT molecular complexity index is 681. The number of carbonyl (C=O) groups is 1. The van der Waals surface area contributed by atoms with Crippen molar-refractivity contribution in [3.8, 4) is 11.3 Å². The first-order valence-corrected chi connectivity index (χ1v) is 6.44. The average Bonchev–Trinajstić information content (AvgIpc) is 2.93. The van der Waals surface area contributed by atoms with Gasteiger partial charge in [-0.2, -0.15) is 9.78 Å². The van der Waals surface area contributed by atoms with Gasteiger partial charge in [0.1, 0.15) is 5.82 Å². The van der Waals surface area contributed by atoms with Crippen LogP contribution < -0.4 is 11.1 Å². The van der Waals surface area contributed by atoms with Crippen molar-refractivity contribution in [2.24, 2.45) is 5.73 Å². The molecule has 2 heterocycles. The van der Waals surface area contributed by atoms with Crippen LogP contribution in [0.2, 0.25) is 10.0 Å². The third-order valence-corrected chi connectivity index (χ3v) is 3.61. The van der Waals surface area contributed by atoms with Gasteiger partial charge in [0.2, 0.25) is 0 Å². The molecule has 98 valence electrons. The Morgan fingerprint density at radius 3 is 2.95 bits per heavy atom. The number of nitrogens with zero attached hydrogens (tertiary/aromatic N) is 2. The number of nitrogens with one attached hydrogen (secondary N) is 1. The molecule has 0 unspecified atom stereocenters. The number of primary amides is 1. The number of anilines is 1. The van der Waals surface area contributed by atoms with E-state index < -0.39 is 6.03 Å². The number of fused-ring (bicyclic) bond motifs is 1. The van der Waals surface area contributed by atoms with Crippen LogP contribution in [0.5, 0.6) is 0 Å². The van der Waals surface area contributed by atoms with Crippen molar-refractivity contribution in [2.75, 3.05) is 11.9 Å². The van der Waals surface area contributed by atoms with E-state index in [1.54, 1.807) is 18.2 Å². The fourth-order valence-corrected chi connectivity index (χ4v) is 2.61. The second kappa shape index (κ2) is 4.43. The van der Waals surface area contributed by atoms with Gasteiger partial charge < -0.3 is 11.1 Å². The number of hydrogen-bond donors (Lipinski definition) is 2. The van der Waals surface area contributed by atoms with Crippen molar-refractivity contribution < 1.29 is 4.79 Å². The maximum atomic E-state index is 11.4. The van der Waals surface area contributed by atoms with E-state index in [1.807, 2.05) is 0 Å². The molecule has 19 heavy (non-hydrogen) atoms. The van der Waals surface area contributed by atoms with Gasteiger partial charge in [-0.3, -0.25) is 0 Å². The molecule has 1 amide bonds. The molecule has 0 radical (unpaired) electrons. The van der Waals surface area contributed by atoms with E-state index in [4.69, 9.17) is 28.9 Å². The molecule has 0 spiro atoms. The first-order valence-electron chi connectivity index (χ1n) is 5.69. The molecule has 0 atom stereocenters. The second-order valence-electron chi connectivity index (χ2n) is 4.23. The number of rotatable bonds is 1. The van der Waals surface area contributed by atoms with Gasteiger partial charge in [-0.05, 0) is 24.6 Å². The highest BCUT2D eigenvalue weighted by Gasteiger charge is 2.26. The fourth-order valence-electron chi connectivity index (χ4n) is 2.23. The third kappa shape index (κ3) is 1.95. The number of aromatic nitrogens is 2. The molecule has 1 aliphatic heterocycles. The number of halogens is 2. The Morgan fingerprint density at radius 1 is 1.42 bits per heavy atom. The van der Waals surface area contributed by atoms with Gasteiger partial charge in [-0.25, -0.2) is 4.79 Å². The van der Waals surface area contributed by atoms with Crippen LogP contribution in [0.1, 0.15) is 5.56 Å². The van der Waals surface area contributed by atoms with Crippen molar-refractivity contribution in [3.63, 3.8) is 0 Å². The molecule has 1 aliphatic rings. The van der Waals surface area contributed by atoms with E-state index in [-0.39, 0.29) is 0 Å². The topological polar surface area (TPSA) is 72.9 Å². The van der Waals surface area contributed by atoms with Crippen molar-refractivity contribution in [1.29, 1.82) is 0 Å². The predicted molar refractivity (Wildman–Crippen MR) is 74.9 cm³/mol. The molecule has 1 aromatic carbocycles. The summed E-state index contributed by atoms with van der Waals surface area (Å²) >= 11 is 12.2. The van der Waals surface area contributed by atoms with Crippen LogP contribution in [-0.4, -0.2) is 22.4 Å². The Labute approximate surface area is 119 Å². The van der Waals surface area contributed by atoms with Crippen LogP contribution in [0.15, 0.2) is 18.2 Å². The molecule has 1 aromatic heterocycles. The molecule has 0 aliphatic carbocycles. The molecule has 0 saturated carbocycles. The Morgan fingerprint density at radius 2 is 2.21 bits per heavy atom. The lowest BCUT2D eigenvalue weighted by Gasteiger charge is -2.03. The van der Waals surface area contributed by atoms with E-state index in [9.17, 15) is 4.79 Å². The van der Waals surface area contributed by atoms with Crippen LogP contribution >= 0.6 is 23.2 Å². The summed E-state index contributed by atoms with van der Waals surface area (Å²) < 4.78 is 1.16. The lowest BCUT2D eigenvalue weighted by molar-refractivity contribution is 0.248. The maximum Gasteiger partial charge on any atom is 0.341 e. The van der Waals surface area contributed by atoms with Gasteiger partial charge in [0.05, 0.1) is 10.7 Å². The minimum atomic E-state index is -0.630. The van der Waals surface area contributed by atoms with Gasteiger partial charge in [0, 0.05) is 22.7 Å². The zero-order valence-corrected chi connectivity index (χ0v) is 11.3. The predicted octanol–water partition coefficient (Wildman–Crippen LogP) is 2.75. The lowest BCUT2D eigenvalue weighted by atomic mass is 10.1. The largest absolute Gasteiger partial charge is 0.369 e. The Hall–Kier alpha value is -1.72. The Kier molecular flexibility index (Phi) is 2.88. The first kappa shape index (κ1) is 12.3. The molecule has 3 rings (SSSR count). The van der Waals surface area contributed by atoms with Crippen LogP contribution in [0.4, 0.5) is 10.6 Å². The van der Waals surface area contributed by atoms with Gasteiger partial charge in [0.25, 0.3) is 0 Å². The number of hydrogen-bond acceptors (Lipinski definition) is 3. The van der Waals surface area contributed by atoms with Crippen molar-refractivity contribution >= 4 is 35.1 Å². The summed E-state index contributed by atoms with van der Waals surface area (Å²) in [7, 11) is 0. The van der Waals surface area contributed by atoms with Crippen LogP contribution in [-0.2, 0) is 6.42 Å². The van der Waals surface area contributed by atoms with E-state index in [0.717, 1.165) is 23.2 Å². The SMILES string of the molecule is NC(=O)n1nc(-c2cc(Cl)ccc2Cl)c2c1NCC2. The summed E-state index contributed by atoms with van der Waals surface area (Å²) in [6.45, 7) is 0.742. The quantitative estimate of drug-likeness (QED) is 0.850. The van der Waals surface area contributed by atoms with E-state index >= 15 is 0 Å². The smallest absolute Gasteiger partial charge is 0.341 e. The molecular formula is C12H10Cl2N4O. The highest BCUT2D eigenvalue weighted by Crippen LogP contribution is 2.37. The van der Waals surface area contributed by atoms with Crippen molar-refractivity contribution in [3.05, 3.63) is 33.8 Å². The Balaban J connectivity index is 2.23. The highest BCUT2D eigenvalue weighted by atomic mass is 35.5. The minimum absolute atomic E-state index is 0.535. The molecule has 7 heteroatoms. The molecule has 2 aromatic rings. The van der Waals surface area contributed by atoms with E-state index in [1.165, 1.54) is 0 Å². The monoisotopic (exact) mass is 296 g/mol. The number of amides is 1. The van der Waals surface area contributed by atoms with Crippen molar-refractivity contribution in [1.82, 2.24) is 9.78 Å². The summed E-state index contributed by atoms with van der Waals surface area (Å²) in [6.07, 6.45) is 0.765. The number of carbonyl (C=O) groups excluding carboxylic acids is 1. The molecular weight excluding hydrogens is 287 g/mol. The lowest BCUT2D eigenvalue weighted by Crippen LogP contribution is -2.22. The summed E-state index contributed by atoms with van der Waals surface area (Å²) in [5, 5.41) is 8.44. The third-order valence-electron chi connectivity index (χ3n) is 3.04. The number of benzene rings is 1. The summed E-state index contributed by atoms with van der Waals surface area (Å²) in [6, 6.07) is 4.51. The molecule has 5 nitrogen and oxygen atoms in total. The normalized spacial score (nSPS) is 13.2. The van der Waals surface area contributed by atoms with Crippen LogP contribution in [0.3, 0.4) is 0 Å². The summed E-state index contributed by atoms with van der Waals surface area (Å²) in [5.74, 6) is 0.638. The molecule has 0 saturated heterocycles. The van der Waals surface area contributed by atoms with Gasteiger partial charge in [0.15, 0.2) is 0 Å². The van der Waals surface area contributed by atoms with Crippen LogP contribution in [0, 0.1) is 0 Å². The van der Waals surface area contributed by atoms with E-state index in [2.05, 4.69) is 10.4 Å². The highest BCUT2D eigenvalue weighted by molar-refractivity contribution is 6.35. The van der Waals surface area contributed by atoms with E-state index in [0.29, 0.717) is 27.1 Å². The first-order chi connectivity index (χ1) is 9.08. The number of nitrogens with two attached hydrogens (primary N) is 1. The molecule has 3 N–H and O–H groups in total. The summed E-state index contributed by atoms with van der Waals surface area (Å²) in [4.78, 5) is 11.4. The second-order valence-corrected chi connectivity index (χ2v) is 5.07. The summed E-state index contributed by atoms with van der Waals surface area (Å²) in [5.41, 5.74) is 7.59.